The van der Waals surface area contributed by atoms with E-state index in [9.17, 15) is 14.4 Å². The van der Waals surface area contributed by atoms with E-state index in [2.05, 4.69) is 21.3 Å². The summed E-state index contributed by atoms with van der Waals surface area (Å²) in [6.07, 6.45) is 0. The highest BCUT2D eigenvalue weighted by atomic mass is 16.2. The van der Waals surface area contributed by atoms with Crippen LogP contribution in [0.1, 0.15) is 17.3 Å². The summed E-state index contributed by atoms with van der Waals surface area (Å²) < 4.78 is 0. The van der Waals surface area contributed by atoms with E-state index in [1.165, 1.54) is 6.92 Å². The molecule has 146 valence electrons. The molecule has 3 aromatic rings. The summed E-state index contributed by atoms with van der Waals surface area (Å²) in [5.41, 5.74) is 2.82. The van der Waals surface area contributed by atoms with E-state index in [4.69, 9.17) is 0 Å². The Bertz CT molecular complexity index is 1020. The average molecular weight is 388 g/mol. The molecular formula is C22H20N4O3. The van der Waals surface area contributed by atoms with Crippen LogP contribution < -0.4 is 21.3 Å². The van der Waals surface area contributed by atoms with Crippen LogP contribution in [0.25, 0.3) is 0 Å². The third-order valence-electron chi connectivity index (χ3n) is 3.88. The molecule has 7 heteroatoms. The lowest BCUT2D eigenvalue weighted by Crippen LogP contribution is -2.19. The standard InChI is InChI=1S/C22H20N4O3/c1-15(27)23-18-12-10-16(11-13-18)21(28)24-19-8-5-9-20(14-19)26-22(29)25-17-6-3-2-4-7-17/h2-14H,1H3,(H,23,27)(H,24,28)(H2,25,26,29). The van der Waals surface area contributed by atoms with Crippen LogP contribution >= 0.6 is 0 Å². The van der Waals surface area contributed by atoms with Crippen molar-refractivity contribution in [3.05, 3.63) is 84.4 Å². The molecule has 4 amide bonds. The minimum atomic E-state index is -0.381. The van der Waals surface area contributed by atoms with Gasteiger partial charge in [0.1, 0.15) is 0 Å². The second kappa shape index (κ2) is 9.18. The van der Waals surface area contributed by atoms with Gasteiger partial charge in [0.05, 0.1) is 0 Å². The third kappa shape index (κ3) is 5.93. The number of rotatable bonds is 5. The Labute approximate surface area is 168 Å². The highest BCUT2D eigenvalue weighted by Gasteiger charge is 2.08. The van der Waals surface area contributed by atoms with Crippen molar-refractivity contribution in [3.8, 4) is 0 Å². The van der Waals surface area contributed by atoms with Gasteiger partial charge < -0.3 is 21.3 Å². The van der Waals surface area contributed by atoms with Gasteiger partial charge in [0.2, 0.25) is 5.91 Å². The lowest BCUT2D eigenvalue weighted by molar-refractivity contribution is -0.114. The summed E-state index contributed by atoms with van der Waals surface area (Å²) in [6, 6.07) is 22.1. The van der Waals surface area contributed by atoms with Crippen molar-refractivity contribution >= 4 is 40.6 Å². The van der Waals surface area contributed by atoms with Crippen molar-refractivity contribution in [2.75, 3.05) is 21.3 Å². The molecule has 0 atom stereocenters. The molecule has 0 heterocycles. The molecule has 0 radical (unpaired) electrons. The molecule has 0 aliphatic carbocycles. The third-order valence-corrected chi connectivity index (χ3v) is 3.88. The maximum absolute atomic E-state index is 12.4. The SMILES string of the molecule is CC(=O)Nc1ccc(C(=O)Nc2cccc(NC(=O)Nc3ccccc3)c2)cc1. The van der Waals surface area contributed by atoms with E-state index >= 15 is 0 Å². The van der Waals surface area contributed by atoms with Gasteiger partial charge in [-0.3, -0.25) is 9.59 Å². The van der Waals surface area contributed by atoms with E-state index in [0.29, 0.717) is 28.3 Å². The first-order chi connectivity index (χ1) is 14.0. The monoisotopic (exact) mass is 388 g/mol. The molecule has 29 heavy (non-hydrogen) atoms. The molecule has 3 aromatic carbocycles. The molecule has 0 aromatic heterocycles. The molecule has 0 saturated heterocycles. The van der Waals surface area contributed by atoms with E-state index in [1.54, 1.807) is 60.7 Å². The van der Waals surface area contributed by atoms with Crippen molar-refractivity contribution in [1.82, 2.24) is 0 Å². The second-order valence-electron chi connectivity index (χ2n) is 6.24. The molecule has 0 fully saturated rings. The van der Waals surface area contributed by atoms with E-state index in [-0.39, 0.29) is 17.8 Å². The number of amides is 4. The smallest absolute Gasteiger partial charge is 0.323 e. The molecule has 0 bridgehead atoms. The summed E-state index contributed by atoms with van der Waals surface area (Å²) >= 11 is 0. The molecule has 0 saturated carbocycles. The first kappa shape index (κ1) is 19.6. The van der Waals surface area contributed by atoms with Crippen LogP contribution in [0.4, 0.5) is 27.5 Å². The Morgan fingerprint density at radius 3 is 1.79 bits per heavy atom. The van der Waals surface area contributed by atoms with Crippen LogP contribution in [0.5, 0.6) is 0 Å². The van der Waals surface area contributed by atoms with Gasteiger partial charge in [0.15, 0.2) is 0 Å². The summed E-state index contributed by atoms with van der Waals surface area (Å²) in [4.78, 5) is 35.6. The van der Waals surface area contributed by atoms with Crippen molar-refractivity contribution in [1.29, 1.82) is 0 Å². The normalized spacial score (nSPS) is 9.97. The van der Waals surface area contributed by atoms with Crippen LogP contribution in [0.3, 0.4) is 0 Å². The molecular weight excluding hydrogens is 368 g/mol. The van der Waals surface area contributed by atoms with Crippen molar-refractivity contribution in [2.45, 2.75) is 6.92 Å². The molecule has 0 aliphatic heterocycles. The van der Waals surface area contributed by atoms with Gasteiger partial charge in [-0.25, -0.2) is 4.79 Å². The maximum atomic E-state index is 12.4. The summed E-state index contributed by atoms with van der Waals surface area (Å²) in [5.74, 6) is -0.479. The molecule has 0 unspecified atom stereocenters. The number of benzene rings is 3. The van der Waals surface area contributed by atoms with Crippen molar-refractivity contribution < 1.29 is 14.4 Å². The molecule has 3 rings (SSSR count). The second-order valence-corrected chi connectivity index (χ2v) is 6.24. The van der Waals surface area contributed by atoms with Crippen LogP contribution in [0, 0.1) is 0 Å². The Hall–Kier alpha value is -4.13. The Morgan fingerprint density at radius 2 is 1.14 bits per heavy atom. The molecule has 4 N–H and O–H groups in total. The fraction of sp³-hybridized carbons (Fsp3) is 0.0455. The van der Waals surface area contributed by atoms with Crippen LogP contribution in [-0.4, -0.2) is 17.8 Å². The number of hydrogen-bond acceptors (Lipinski definition) is 3. The number of para-hydroxylation sites is 1. The number of urea groups is 1. The fourth-order valence-corrected chi connectivity index (χ4v) is 2.60. The lowest BCUT2D eigenvalue weighted by atomic mass is 10.2. The van der Waals surface area contributed by atoms with Crippen LogP contribution in [-0.2, 0) is 4.79 Å². The van der Waals surface area contributed by atoms with E-state index in [0.717, 1.165) is 0 Å². The number of anilines is 4. The highest BCUT2D eigenvalue weighted by Crippen LogP contribution is 2.17. The zero-order chi connectivity index (χ0) is 20.6. The predicted molar refractivity (Wildman–Crippen MR) is 114 cm³/mol. The van der Waals surface area contributed by atoms with Gasteiger partial charge >= 0.3 is 6.03 Å². The topological polar surface area (TPSA) is 99.3 Å². The summed E-state index contributed by atoms with van der Waals surface area (Å²) in [5, 5.41) is 10.9. The molecule has 0 spiro atoms. The number of carbonyl (C=O) groups excluding carboxylic acids is 3. The van der Waals surface area contributed by atoms with E-state index in [1.807, 2.05) is 18.2 Å². The van der Waals surface area contributed by atoms with Gasteiger partial charge in [0, 0.05) is 35.2 Å². The fourth-order valence-electron chi connectivity index (χ4n) is 2.60. The molecule has 0 aliphatic rings. The Balaban J connectivity index is 1.61. The zero-order valence-electron chi connectivity index (χ0n) is 15.7. The maximum Gasteiger partial charge on any atom is 0.323 e. The van der Waals surface area contributed by atoms with Crippen LogP contribution in [0.2, 0.25) is 0 Å². The number of nitrogens with one attached hydrogen (secondary N) is 4. The van der Waals surface area contributed by atoms with Gasteiger partial charge in [0.25, 0.3) is 5.91 Å². The van der Waals surface area contributed by atoms with Gasteiger partial charge in [-0.05, 0) is 54.6 Å². The average Bonchev–Trinajstić information content (AvgIpc) is 2.69. The minimum absolute atomic E-state index is 0.178. The summed E-state index contributed by atoms with van der Waals surface area (Å²) in [6.45, 7) is 1.42. The lowest BCUT2D eigenvalue weighted by Gasteiger charge is -2.10. The number of hydrogen-bond donors (Lipinski definition) is 4. The Morgan fingerprint density at radius 1 is 0.586 bits per heavy atom. The largest absolute Gasteiger partial charge is 0.326 e. The minimum Gasteiger partial charge on any atom is -0.326 e. The highest BCUT2D eigenvalue weighted by molar-refractivity contribution is 6.05. The van der Waals surface area contributed by atoms with Crippen molar-refractivity contribution in [2.24, 2.45) is 0 Å². The molecule has 7 nitrogen and oxygen atoms in total. The Kier molecular flexibility index (Phi) is 6.22. The van der Waals surface area contributed by atoms with Crippen molar-refractivity contribution in [3.63, 3.8) is 0 Å². The quantitative estimate of drug-likeness (QED) is 0.516. The summed E-state index contributed by atoms with van der Waals surface area (Å²) in [7, 11) is 0. The first-order valence-corrected chi connectivity index (χ1v) is 8.92. The number of carbonyl (C=O) groups is 3. The van der Waals surface area contributed by atoms with Gasteiger partial charge in [-0.2, -0.15) is 0 Å². The van der Waals surface area contributed by atoms with E-state index < -0.39 is 0 Å². The predicted octanol–water partition coefficient (Wildman–Crippen LogP) is 4.54. The van der Waals surface area contributed by atoms with Gasteiger partial charge in [-0.1, -0.05) is 24.3 Å². The van der Waals surface area contributed by atoms with Gasteiger partial charge in [-0.15, -0.1) is 0 Å². The zero-order valence-corrected chi connectivity index (χ0v) is 15.7. The first-order valence-electron chi connectivity index (χ1n) is 8.92. The van der Waals surface area contributed by atoms with Crippen LogP contribution in [0.15, 0.2) is 78.9 Å².